The minimum atomic E-state index is -4.38. The van der Waals surface area contributed by atoms with Crippen molar-refractivity contribution in [2.24, 2.45) is 0 Å². The van der Waals surface area contributed by atoms with E-state index in [0.29, 0.717) is 18.6 Å². The molecule has 1 aliphatic heterocycles. The molecular formula is C15H18F3NO2. The van der Waals surface area contributed by atoms with Crippen LogP contribution in [0.2, 0.25) is 0 Å². The molecule has 1 aromatic carbocycles. The van der Waals surface area contributed by atoms with Gasteiger partial charge in [-0.1, -0.05) is 12.1 Å². The molecule has 1 saturated heterocycles. The molecule has 2 rings (SSSR count). The third-order valence-electron chi connectivity index (χ3n) is 3.55. The van der Waals surface area contributed by atoms with Crippen molar-refractivity contribution in [3.8, 4) is 5.75 Å². The highest BCUT2D eigenvalue weighted by Crippen LogP contribution is 2.31. The molecule has 1 unspecified atom stereocenters. The van der Waals surface area contributed by atoms with E-state index in [0.717, 1.165) is 10.5 Å². The van der Waals surface area contributed by atoms with Gasteiger partial charge in [0.05, 0.1) is 0 Å². The Hall–Kier alpha value is -1.72. The zero-order valence-corrected chi connectivity index (χ0v) is 11.8. The Morgan fingerprint density at radius 2 is 2.14 bits per heavy atom. The largest absolute Gasteiger partial charge is 0.484 e. The predicted octanol–water partition coefficient (Wildman–Crippen LogP) is 3.32. The van der Waals surface area contributed by atoms with Crippen LogP contribution in [0, 0.1) is 6.92 Å². The van der Waals surface area contributed by atoms with Gasteiger partial charge in [-0.15, -0.1) is 0 Å². The van der Waals surface area contributed by atoms with Crippen LogP contribution in [0.5, 0.6) is 5.75 Å². The van der Waals surface area contributed by atoms with Crippen LogP contribution in [-0.4, -0.2) is 36.2 Å². The number of piperidine rings is 1. The van der Waals surface area contributed by atoms with Crippen LogP contribution in [0.4, 0.5) is 13.2 Å². The molecule has 3 nitrogen and oxygen atoms in total. The van der Waals surface area contributed by atoms with Gasteiger partial charge in [-0.05, 0) is 43.9 Å². The van der Waals surface area contributed by atoms with Crippen LogP contribution >= 0.6 is 0 Å². The molecular weight excluding hydrogens is 283 g/mol. The molecule has 0 N–H and O–H groups in total. The molecule has 6 heteroatoms. The minimum absolute atomic E-state index is 0.0281. The summed E-state index contributed by atoms with van der Waals surface area (Å²) in [5.74, 6) is -0.123. The SMILES string of the molecule is Cc1cccc(OCC(=O)N2CCCCC2C(F)(F)F)c1. The van der Waals surface area contributed by atoms with Crippen molar-refractivity contribution >= 4 is 5.91 Å². The van der Waals surface area contributed by atoms with Gasteiger partial charge >= 0.3 is 6.18 Å². The Morgan fingerprint density at radius 3 is 2.81 bits per heavy atom. The monoisotopic (exact) mass is 301 g/mol. The number of benzene rings is 1. The van der Waals surface area contributed by atoms with Gasteiger partial charge in [0.1, 0.15) is 11.8 Å². The van der Waals surface area contributed by atoms with E-state index in [4.69, 9.17) is 4.74 Å². The number of rotatable bonds is 3. The third-order valence-corrected chi connectivity index (χ3v) is 3.55. The van der Waals surface area contributed by atoms with Gasteiger partial charge in [0.25, 0.3) is 5.91 Å². The van der Waals surface area contributed by atoms with E-state index >= 15 is 0 Å². The van der Waals surface area contributed by atoms with E-state index < -0.39 is 18.1 Å². The molecule has 1 aliphatic rings. The number of hydrogen-bond donors (Lipinski definition) is 0. The van der Waals surface area contributed by atoms with Crippen LogP contribution in [0.1, 0.15) is 24.8 Å². The molecule has 0 spiro atoms. The van der Waals surface area contributed by atoms with Crippen molar-refractivity contribution in [2.45, 2.75) is 38.4 Å². The molecule has 21 heavy (non-hydrogen) atoms. The molecule has 1 amide bonds. The first-order valence-electron chi connectivity index (χ1n) is 6.93. The quantitative estimate of drug-likeness (QED) is 0.857. The van der Waals surface area contributed by atoms with Gasteiger partial charge < -0.3 is 9.64 Å². The lowest BCUT2D eigenvalue weighted by molar-refractivity contribution is -0.196. The fourth-order valence-corrected chi connectivity index (χ4v) is 2.50. The number of halogens is 3. The van der Waals surface area contributed by atoms with Gasteiger partial charge in [-0.2, -0.15) is 13.2 Å². The topological polar surface area (TPSA) is 29.5 Å². The van der Waals surface area contributed by atoms with E-state index in [1.54, 1.807) is 18.2 Å². The number of carbonyl (C=O) groups excluding carboxylic acids is 1. The Balaban J connectivity index is 1.98. The maximum Gasteiger partial charge on any atom is 0.408 e. The number of ether oxygens (including phenoxy) is 1. The molecule has 0 aliphatic carbocycles. The number of alkyl halides is 3. The standard InChI is InChI=1S/C15H18F3NO2/c1-11-5-4-6-12(9-11)21-10-14(20)19-8-3-2-7-13(19)15(16,17)18/h4-6,9,13H,2-3,7-8,10H2,1H3. The highest BCUT2D eigenvalue weighted by Gasteiger charge is 2.46. The van der Waals surface area contributed by atoms with Crippen LogP contribution in [0.3, 0.4) is 0 Å². The van der Waals surface area contributed by atoms with Crippen LogP contribution in [-0.2, 0) is 4.79 Å². The van der Waals surface area contributed by atoms with Crippen LogP contribution in [0.25, 0.3) is 0 Å². The maximum absolute atomic E-state index is 12.9. The van der Waals surface area contributed by atoms with E-state index in [1.165, 1.54) is 0 Å². The highest BCUT2D eigenvalue weighted by atomic mass is 19.4. The van der Waals surface area contributed by atoms with Crippen LogP contribution in [0.15, 0.2) is 24.3 Å². The summed E-state index contributed by atoms with van der Waals surface area (Å²) in [6.45, 7) is 1.65. The molecule has 1 atom stereocenters. The maximum atomic E-state index is 12.9. The second kappa shape index (κ2) is 6.37. The first-order chi connectivity index (χ1) is 9.88. The van der Waals surface area contributed by atoms with Crippen molar-refractivity contribution in [3.63, 3.8) is 0 Å². The van der Waals surface area contributed by atoms with E-state index in [1.807, 2.05) is 13.0 Å². The van der Waals surface area contributed by atoms with E-state index in [-0.39, 0.29) is 19.6 Å². The van der Waals surface area contributed by atoms with Crippen LogP contribution < -0.4 is 4.74 Å². The normalized spacial score (nSPS) is 19.4. The summed E-state index contributed by atoms with van der Waals surface area (Å²) in [6.07, 6.45) is -3.31. The molecule has 0 aromatic heterocycles. The summed E-state index contributed by atoms with van der Waals surface area (Å²) in [5, 5.41) is 0. The van der Waals surface area contributed by atoms with Gasteiger partial charge in [-0.25, -0.2) is 0 Å². The van der Waals surface area contributed by atoms with Crippen molar-refractivity contribution in [1.82, 2.24) is 4.90 Å². The second-order valence-electron chi connectivity index (χ2n) is 5.25. The summed E-state index contributed by atoms with van der Waals surface area (Å²) >= 11 is 0. The summed E-state index contributed by atoms with van der Waals surface area (Å²) in [5.41, 5.74) is 0.964. The number of carbonyl (C=O) groups is 1. The number of amides is 1. The van der Waals surface area contributed by atoms with E-state index in [9.17, 15) is 18.0 Å². The molecule has 1 heterocycles. The molecule has 116 valence electrons. The van der Waals surface area contributed by atoms with Crippen molar-refractivity contribution in [1.29, 1.82) is 0 Å². The Kier molecular flexibility index (Phi) is 4.75. The third kappa shape index (κ3) is 4.12. The number of nitrogens with zero attached hydrogens (tertiary/aromatic N) is 1. The first kappa shape index (κ1) is 15.7. The summed E-state index contributed by atoms with van der Waals surface area (Å²) in [4.78, 5) is 12.9. The van der Waals surface area contributed by atoms with Gasteiger partial charge in [-0.3, -0.25) is 4.79 Å². The average molecular weight is 301 g/mol. The lowest BCUT2D eigenvalue weighted by atomic mass is 10.0. The summed E-state index contributed by atoms with van der Waals surface area (Å²) in [6, 6.07) is 5.38. The number of likely N-dealkylation sites (tertiary alicyclic amines) is 1. The minimum Gasteiger partial charge on any atom is -0.484 e. The molecule has 1 fully saturated rings. The number of aryl methyl sites for hydroxylation is 1. The fraction of sp³-hybridized carbons (Fsp3) is 0.533. The first-order valence-corrected chi connectivity index (χ1v) is 6.93. The Bertz CT molecular complexity index is 502. The van der Waals surface area contributed by atoms with Crippen molar-refractivity contribution < 1.29 is 22.7 Å². The van der Waals surface area contributed by atoms with Gasteiger partial charge in [0.15, 0.2) is 6.61 Å². The zero-order chi connectivity index (χ0) is 15.5. The zero-order valence-electron chi connectivity index (χ0n) is 11.8. The predicted molar refractivity (Wildman–Crippen MR) is 72.1 cm³/mol. The van der Waals surface area contributed by atoms with Crippen molar-refractivity contribution in [2.75, 3.05) is 13.2 Å². The molecule has 0 saturated carbocycles. The second-order valence-corrected chi connectivity index (χ2v) is 5.25. The Labute approximate surface area is 121 Å². The molecule has 1 aromatic rings. The van der Waals surface area contributed by atoms with Gasteiger partial charge in [0.2, 0.25) is 0 Å². The highest BCUT2D eigenvalue weighted by molar-refractivity contribution is 5.78. The smallest absolute Gasteiger partial charge is 0.408 e. The van der Waals surface area contributed by atoms with Crippen molar-refractivity contribution in [3.05, 3.63) is 29.8 Å². The summed E-state index contributed by atoms with van der Waals surface area (Å²) in [7, 11) is 0. The fourth-order valence-electron chi connectivity index (χ4n) is 2.50. The van der Waals surface area contributed by atoms with Gasteiger partial charge in [0, 0.05) is 6.54 Å². The average Bonchev–Trinajstić information content (AvgIpc) is 2.44. The number of hydrogen-bond acceptors (Lipinski definition) is 2. The Morgan fingerprint density at radius 1 is 1.38 bits per heavy atom. The van der Waals surface area contributed by atoms with E-state index in [2.05, 4.69) is 0 Å². The summed E-state index contributed by atoms with van der Waals surface area (Å²) < 4.78 is 44.1. The lowest BCUT2D eigenvalue weighted by Crippen LogP contribution is -2.52. The molecule has 0 radical (unpaired) electrons. The lowest BCUT2D eigenvalue weighted by Gasteiger charge is -2.36. The molecule has 0 bridgehead atoms.